The average Bonchev–Trinajstić information content (AvgIpc) is 3.52. The predicted octanol–water partition coefficient (Wildman–Crippen LogP) is 4.26. The van der Waals surface area contributed by atoms with E-state index in [9.17, 15) is 9.59 Å². The van der Waals surface area contributed by atoms with Crippen molar-refractivity contribution in [2.24, 2.45) is 0 Å². The Hall–Kier alpha value is -2.91. The molecule has 1 aromatic carbocycles. The van der Waals surface area contributed by atoms with Gasteiger partial charge in [0.1, 0.15) is 17.3 Å². The van der Waals surface area contributed by atoms with Gasteiger partial charge in [-0.05, 0) is 36.4 Å². The van der Waals surface area contributed by atoms with Crippen molar-refractivity contribution in [2.75, 3.05) is 7.11 Å². The zero-order valence-corrected chi connectivity index (χ0v) is 19.3. The minimum absolute atomic E-state index is 0.0874. The lowest BCUT2D eigenvalue weighted by molar-refractivity contribution is 0.0862. The molecule has 2 aromatic heterocycles. The monoisotopic (exact) mass is 471 g/mol. The minimum atomic E-state index is -0.230. The highest BCUT2D eigenvalue weighted by atomic mass is 32.1. The van der Waals surface area contributed by atoms with Crippen LogP contribution in [-0.2, 0) is 6.61 Å². The van der Waals surface area contributed by atoms with Gasteiger partial charge >= 0.3 is 0 Å². The third-order valence-electron chi connectivity index (χ3n) is 5.35. The molecule has 7 nitrogen and oxygen atoms in total. The van der Waals surface area contributed by atoms with Crippen molar-refractivity contribution in [1.29, 1.82) is 0 Å². The molecule has 0 unspecified atom stereocenters. The maximum Gasteiger partial charge on any atom is 0.271 e. The summed E-state index contributed by atoms with van der Waals surface area (Å²) in [6, 6.07) is 10.9. The van der Waals surface area contributed by atoms with E-state index in [2.05, 4.69) is 15.6 Å². The molecule has 1 saturated carbocycles. The van der Waals surface area contributed by atoms with Gasteiger partial charge in [-0.3, -0.25) is 9.59 Å². The van der Waals surface area contributed by atoms with Crippen LogP contribution in [-0.4, -0.2) is 36.0 Å². The van der Waals surface area contributed by atoms with Crippen molar-refractivity contribution >= 4 is 34.5 Å². The van der Waals surface area contributed by atoms with Crippen LogP contribution in [0.2, 0.25) is 0 Å². The third-order valence-corrected chi connectivity index (χ3v) is 7.04. The summed E-state index contributed by atoms with van der Waals surface area (Å²) in [5.74, 6) is 0.959. The molecule has 4 rings (SSSR count). The lowest BCUT2D eigenvalue weighted by atomic mass is 9.90. The Labute approximate surface area is 194 Å². The van der Waals surface area contributed by atoms with Gasteiger partial charge in [-0.15, -0.1) is 22.7 Å². The molecule has 0 bridgehead atoms. The molecular weight excluding hydrogens is 446 g/mol. The number of benzene rings is 1. The standard InChI is InChI=1S/C23H25N3O4S2/c1-29-18-9-4-5-10-19(18)30-13-21-24-17(14-32-21)22(27)25-15-7-2-3-8-16(15)26-23(28)20-11-6-12-31-20/h4-6,9-12,14-16H,2-3,7-8,13H2,1H3,(H,25,27)(H,26,28)/t15-,16+/m1/s1. The van der Waals surface area contributed by atoms with Gasteiger partial charge in [0, 0.05) is 17.5 Å². The maximum absolute atomic E-state index is 12.8. The van der Waals surface area contributed by atoms with E-state index in [1.807, 2.05) is 35.7 Å². The molecule has 2 heterocycles. The Balaban J connectivity index is 1.34. The Morgan fingerprint density at radius 2 is 1.72 bits per heavy atom. The van der Waals surface area contributed by atoms with E-state index in [1.165, 1.54) is 22.7 Å². The van der Waals surface area contributed by atoms with E-state index < -0.39 is 0 Å². The zero-order valence-electron chi connectivity index (χ0n) is 17.7. The Morgan fingerprint density at radius 3 is 2.41 bits per heavy atom. The Morgan fingerprint density at radius 1 is 1.00 bits per heavy atom. The van der Waals surface area contributed by atoms with Crippen molar-refractivity contribution in [1.82, 2.24) is 15.6 Å². The zero-order chi connectivity index (χ0) is 22.3. The first kappa shape index (κ1) is 22.3. The molecule has 0 radical (unpaired) electrons. The molecule has 2 atom stereocenters. The molecule has 1 aliphatic rings. The summed E-state index contributed by atoms with van der Waals surface area (Å²) in [5, 5.41) is 10.5. The predicted molar refractivity (Wildman–Crippen MR) is 125 cm³/mol. The fourth-order valence-electron chi connectivity index (χ4n) is 3.72. The van der Waals surface area contributed by atoms with Crippen LogP contribution >= 0.6 is 22.7 Å². The van der Waals surface area contributed by atoms with Crippen molar-refractivity contribution in [3.05, 3.63) is 62.7 Å². The van der Waals surface area contributed by atoms with Crippen LogP contribution in [0.5, 0.6) is 11.5 Å². The lowest BCUT2D eigenvalue weighted by Crippen LogP contribution is -2.53. The number of hydrogen-bond donors (Lipinski definition) is 2. The summed E-state index contributed by atoms with van der Waals surface area (Å²) in [6.07, 6.45) is 3.72. The molecule has 0 spiro atoms. The lowest BCUT2D eigenvalue weighted by Gasteiger charge is -2.32. The van der Waals surface area contributed by atoms with Crippen LogP contribution in [0.1, 0.15) is 50.9 Å². The number of nitrogens with zero attached hydrogens (tertiary/aromatic N) is 1. The van der Waals surface area contributed by atoms with Gasteiger partial charge in [-0.25, -0.2) is 4.98 Å². The van der Waals surface area contributed by atoms with Crippen LogP contribution in [0, 0.1) is 0 Å². The largest absolute Gasteiger partial charge is 0.493 e. The molecule has 1 fully saturated rings. The van der Waals surface area contributed by atoms with E-state index in [0.717, 1.165) is 25.7 Å². The number of rotatable bonds is 8. The van der Waals surface area contributed by atoms with E-state index in [1.54, 1.807) is 18.6 Å². The van der Waals surface area contributed by atoms with Crippen LogP contribution < -0.4 is 20.1 Å². The quantitative estimate of drug-likeness (QED) is 0.512. The topological polar surface area (TPSA) is 89.6 Å². The number of carbonyl (C=O) groups excluding carboxylic acids is 2. The summed E-state index contributed by atoms with van der Waals surface area (Å²) in [7, 11) is 1.59. The number of nitrogens with one attached hydrogen (secondary N) is 2. The molecule has 2 N–H and O–H groups in total. The average molecular weight is 472 g/mol. The number of methoxy groups -OCH3 is 1. The van der Waals surface area contributed by atoms with E-state index in [4.69, 9.17) is 9.47 Å². The summed E-state index contributed by atoms with van der Waals surface area (Å²) in [6.45, 7) is 0.251. The van der Waals surface area contributed by atoms with Gasteiger partial charge in [0.25, 0.3) is 11.8 Å². The minimum Gasteiger partial charge on any atom is -0.493 e. The molecule has 168 valence electrons. The second-order valence-electron chi connectivity index (χ2n) is 7.49. The van der Waals surface area contributed by atoms with Crippen molar-refractivity contribution in [2.45, 2.75) is 44.4 Å². The fourth-order valence-corrected chi connectivity index (χ4v) is 5.04. The van der Waals surface area contributed by atoms with Gasteiger partial charge in [0.15, 0.2) is 11.5 Å². The SMILES string of the molecule is COc1ccccc1OCc1nc(C(=O)N[C@@H]2CCCC[C@@H]2NC(=O)c2cccs2)cs1. The van der Waals surface area contributed by atoms with E-state index in [0.29, 0.717) is 27.1 Å². The maximum atomic E-state index is 12.8. The van der Waals surface area contributed by atoms with Crippen LogP contribution in [0.3, 0.4) is 0 Å². The number of hydrogen-bond acceptors (Lipinski definition) is 7. The normalized spacial score (nSPS) is 18.0. The molecule has 3 aromatic rings. The Bertz CT molecular complexity index is 1050. The molecule has 9 heteroatoms. The first-order valence-electron chi connectivity index (χ1n) is 10.5. The van der Waals surface area contributed by atoms with Gasteiger partial charge in [-0.2, -0.15) is 0 Å². The number of aromatic nitrogens is 1. The number of ether oxygens (including phenoxy) is 2. The van der Waals surface area contributed by atoms with E-state index >= 15 is 0 Å². The highest BCUT2D eigenvalue weighted by molar-refractivity contribution is 7.12. The smallest absolute Gasteiger partial charge is 0.271 e. The third kappa shape index (κ3) is 5.46. The van der Waals surface area contributed by atoms with Crippen molar-refractivity contribution < 1.29 is 19.1 Å². The van der Waals surface area contributed by atoms with Crippen LogP contribution in [0.25, 0.3) is 0 Å². The summed E-state index contributed by atoms with van der Waals surface area (Å²) in [5.41, 5.74) is 0.363. The first-order chi connectivity index (χ1) is 15.6. The second kappa shape index (κ2) is 10.6. The number of thiazole rings is 1. The summed E-state index contributed by atoms with van der Waals surface area (Å²) < 4.78 is 11.1. The summed E-state index contributed by atoms with van der Waals surface area (Å²) >= 11 is 2.79. The molecular formula is C23H25N3O4S2. The number of thiophene rings is 1. The van der Waals surface area contributed by atoms with Crippen molar-refractivity contribution in [3.63, 3.8) is 0 Å². The molecule has 1 aliphatic carbocycles. The molecule has 32 heavy (non-hydrogen) atoms. The summed E-state index contributed by atoms with van der Waals surface area (Å²) in [4.78, 5) is 30.4. The highest BCUT2D eigenvalue weighted by Gasteiger charge is 2.29. The van der Waals surface area contributed by atoms with Gasteiger partial charge in [0.2, 0.25) is 0 Å². The van der Waals surface area contributed by atoms with Crippen LogP contribution in [0.15, 0.2) is 47.2 Å². The first-order valence-corrected chi connectivity index (χ1v) is 12.3. The molecule has 2 amide bonds. The Kier molecular flexibility index (Phi) is 7.39. The van der Waals surface area contributed by atoms with Crippen LogP contribution in [0.4, 0.5) is 0 Å². The number of para-hydroxylation sites is 2. The van der Waals surface area contributed by atoms with E-state index in [-0.39, 0.29) is 30.5 Å². The fraction of sp³-hybridized carbons (Fsp3) is 0.348. The van der Waals surface area contributed by atoms with Gasteiger partial charge < -0.3 is 20.1 Å². The van der Waals surface area contributed by atoms with Gasteiger partial charge in [-0.1, -0.05) is 31.0 Å². The highest BCUT2D eigenvalue weighted by Crippen LogP contribution is 2.27. The van der Waals surface area contributed by atoms with Crippen molar-refractivity contribution in [3.8, 4) is 11.5 Å². The number of amides is 2. The molecule has 0 aliphatic heterocycles. The van der Waals surface area contributed by atoms with Gasteiger partial charge in [0.05, 0.1) is 12.0 Å². The second-order valence-corrected chi connectivity index (χ2v) is 9.38. The number of carbonyl (C=O) groups is 2. The molecule has 0 saturated heterocycles.